The van der Waals surface area contributed by atoms with Crippen LogP contribution in [0.25, 0.3) is 11.3 Å². The highest BCUT2D eigenvalue weighted by molar-refractivity contribution is 6.31. The second-order valence-corrected chi connectivity index (χ2v) is 7.04. The first kappa shape index (κ1) is 20.0. The van der Waals surface area contributed by atoms with E-state index in [9.17, 15) is 9.50 Å². The molecule has 0 amide bonds. The standard InChI is InChI=1S/C20H21ClFN5O/c1-12(2)18(11-28)26-20-25-17(13-5-7-23-8-6-13)10-19(27-20)24-14-3-4-16(22)15(21)9-14/h3-10,12,18,28H,11H2,1-2H3,(H2,24,25,26,27)/t18-/m0/s1. The third-order valence-electron chi connectivity index (χ3n) is 4.21. The van der Waals surface area contributed by atoms with Crippen molar-refractivity contribution in [2.24, 2.45) is 5.92 Å². The number of rotatable bonds is 7. The number of benzene rings is 1. The monoisotopic (exact) mass is 401 g/mol. The molecule has 0 fully saturated rings. The van der Waals surface area contributed by atoms with Gasteiger partial charge >= 0.3 is 0 Å². The second-order valence-electron chi connectivity index (χ2n) is 6.63. The van der Waals surface area contributed by atoms with E-state index in [1.807, 2.05) is 26.0 Å². The van der Waals surface area contributed by atoms with Crippen LogP contribution in [0.15, 0.2) is 48.8 Å². The van der Waals surface area contributed by atoms with Gasteiger partial charge in [0.2, 0.25) is 5.95 Å². The SMILES string of the molecule is CC(C)[C@H](CO)Nc1nc(Nc2ccc(F)c(Cl)c2)cc(-c2ccncc2)n1. The minimum absolute atomic E-state index is 0.0203. The van der Waals surface area contributed by atoms with E-state index in [-0.39, 0.29) is 23.6 Å². The summed E-state index contributed by atoms with van der Waals surface area (Å²) in [4.78, 5) is 13.1. The summed E-state index contributed by atoms with van der Waals surface area (Å²) in [5.41, 5.74) is 2.14. The molecule has 0 unspecified atom stereocenters. The van der Waals surface area contributed by atoms with Gasteiger partial charge in [0.15, 0.2) is 0 Å². The number of aromatic nitrogens is 3. The summed E-state index contributed by atoms with van der Waals surface area (Å²) < 4.78 is 13.4. The minimum atomic E-state index is -0.488. The van der Waals surface area contributed by atoms with E-state index in [1.54, 1.807) is 24.5 Å². The average molecular weight is 402 g/mol. The predicted molar refractivity (Wildman–Crippen MR) is 109 cm³/mol. The summed E-state index contributed by atoms with van der Waals surface area (Å²) in [5.74, 6) is 0.577. The quantitative estimate of drug-likeness (QED) is 0.540. The molecule has 0 aliphatic rings. The fourth-order valence-electron chi connectivity index (χ4n) is 2.56. The number of pyridine rings is 1. The Morgan fingerprint density at radius 2 is 1.86 bits per heavy atom. The van der Waals surface area contributed by atoms with Gasteiger partial charge in [-0.3, -0.25) is 4.98 Å². The summed E-state index contributed by atoms with van der Waals surface area (Å²) in [7, 11) is 0. The molecule has 6 nitrogen and oxygen atoms in total. The maximum absolute atomic E-state index is 13.4. The van der Waals surface area contributed by atoms with Crippen LogP contribution >= 0.6 is 11.6 Å². The number of halogens is 2. The van der Waals surface area contributed by atoms with Crippen molar-refractivity contribution in [3.05, 3.63) is 59.6 Å². The molecule has 3 N–H and O–H groups in total. The van der Waals surface area contributed by atoms with Gasteiger partial charge in [-0.05, 0) is 36.2 Å². The molecule has 1 aromatic carbocycles. The third kappa shape index (κ3) is 4.94. The Kier molecular flexibility index (Phi) is 6.38. The first-order valence-electron chi connectivity index (χ1n) is 8.85. The molecule has 0 aliphatic heterocycles. The summed E-state index contributed by atoms with van der Waals surface area (Å²) in [6, 6.07) is 9.63. The topological polar surface area (TPSA) is 83.0 Å². The van der Waals surface area contributed by atoms with Crippen LogP contribution in [0.2, 0.25) is 5.02 Å². The molecule has 0 spiro atoms. The normalized spacial score (nSPS) is 12.1. The molecule has 1 atom stereocenters. The van der Waals surface area contributed by atoms with Crippen LogP contribution < -0.4 is 10.6 Å². The Hall–Kier alpha value is -2.77. The maximum atomic E-state index is 13.4. The Balaban J connectivity index is 1.97. The van der Waals surface area contributed by atoms with E-state index in [1.165, 1.54) is 12.1 Å². The highest BCUT2D eigenvalue weighted by atomic mass is 35.5. The van der Waals surface area contributed by atoms with Crippen LogP contribution in [-0.4, -0.2) is 32.7 Å². The number of nitrogens with zero attached hydrogens (tertiary/aromatic N) is 3. The van der Waals surface area contributed by atoms with Crippen molar-refractivity contribution in [1.29, 1.82) is 0 Å². The number of aliphatic hydroxyl groups is 1. The lowest BCUT2D eigenvalue weighted by Gasteiger charge is -2.20. The lowest BCUT2D eigenvalue weighted by Crippen LogP contribution is -2.30. The molecule has 2 heterocycles. The molecule has 0 radical (unpaired) electrons. The molecule has 2 aromatic heterocycles. The molecule has 0 saturated carbocycles. The summed E-state index contributed by atoms with van der Waals surface area (Å²) in [6.07, 6.45) is 3.37. The van der Waals surface area contributed by atoms with Gasteiger partial charge in [0.25, 0.3) is 0 Å². The van der Waals surface area contributed by atoms with Crippen molar-refractivity contribution in [3.8, 4) is 11.3 Å². The van der Waals surface area contributed by atoms with Gasteiger partial charge in [0, 0.05) is 29.7 Å². The zero-order valence-corrected chi connectivity index (χ0v) is 16.3. The van der Waals surface area contributed by atoms with Crippen molar-refractivity contribution in [2.45, 2.75) is 19.9 Å². The number of hydrogen-bond donors (Lipinski definition) is 3. The average Bonchev–Trinajstić information content (AvgIpc) is 2.69. The Morgan fingerprint density at radius 1 is 1.11 bits per heavy atom. The van der Waals surface area contributed by atoms with Gasteiger partial charge in [0.05, 0.1) is 23.4 Å². The van der Waals surface area contributed by atoms with Gasteiger partial charge in [-0.15, -0.1) is 0 Å². The van der Waals surface area contributed by atoms with E-state index in [0.29, 0.717) is 23.1 Å². The van der Waals surface area contributed by atoms with Gasteiger partial charge in [-0.2, -0.15) is 4.98 Å². The number of hydrogen-bond acceptors (Lipinski definition) is 6. The fourth-order valence-corrected chi connectivity index (χ4v) is 2.74. The van der Waals surface area contributed by atoms with E-state index >= 15 is 0 Å². The molecule has 0 bridgehead atoms. The van der Waals surface area contributed by atoms with E-state index in [0.717, 1.165) is 5.56 Å². The van der Waals surface area contributed by atoms with E-state index in [4.69, 9.17) is 11.6 Å². The smallest absolute Gasteiger partial charge is 0.225 e. The van der Waals surface area contributed by atoms with Crippen molar-refractivity contribution < 1.29 is 9.50 Å². The second kappa shape index (κ2) is 8.95. The Morgan fingerprint density at radius 3 is 2.50 bits per heavy atom. The highest BCUT2D eigenvalue weighted by Gasteiger charge is 2.15. The van der Waals surface area contributed by atoms with Crippen molar-refractivity contribution in [2.75, 3.05) is 17.2 Å². The van der Waals surface area contributed by atoms with Crippen LogP contribution in [-0.2, 0) is 0 Å². The van der Waals surface area contributed by atoms with E-state index < -0.39 is 5.82 Å². The molecule has 0 aliphatic carbocycles. The molecule has 28 heavy (non-hydrogen) atoms. The molecule has 3 aromatic rings. The van der Waals surface area contributed by atoms with Gasteiger partial charge < -0.3 is 15.7 Å². The van der Waals surface area contributed by atoms with Crippen molar-refractivity contribution in [3.63, 3.8) is 0 Å². The lowest BCUT2D eigenvalue weighted by molar-refractivity contribution is 0.248. The molecule has 0 saturated heterocycles. The van der Waals surface area contributed by atoms with Crippen LogP contribution in [0.5, 0.6) is 0 Å². The number of anilines is 3. The Bertz CT molecular complexity index is 939. The maximum Gasteiger partial charge on any atom is 0.225 e. The summed E-state index contributed by atoms with van der Waals surface area (Å²) in [6.45, 7) is 3.96. The van der Waals surface area contributed by atoms with Crippen molar-refractivity contribution in [1.82, 2.24) is 15.0 Å². The highest BCUT2D eigenvalue weighted by Crippen LogP contribution is 2.26. The summed E-state index contributed by atoms with van der Waals surface area (Å²) in [5, 5.41) is 15.9. The van der Waals surface area contributed by atoms with Crippen LogP contribution in [0.1, 0.15) is 13.8 Å². The van der Waals surface area contributed by atoms with Gasteiger partial charge in [-0.1, -0.05) is 25.4 Å². The van der Waals surface area contributed by atoms with Crippen LogP contribution in [0.4, 0.5) is 21.8 Å². The first-order chi connectivity index (χ1) is 13.5. The molecular weight excluding hydrogens is 381 g/mol. The van der Waals surface area contributed by atoms with Crippen LogP contribution in [0, 0.1) is 11.7 Å². The number of aliphatic hydroxyl groups excluding tert-OH is 1. The minimum Gasteiger partial charge on any atom is -0.394 e. The zero-order chi connectivity index (χ0) is 20.1. The van der Waals surface area contributed by atoms with Crippen molar-refractivity contribution >= 4 is 29.1 Å². The van der Waals surface area contributed by atoms with E-state index in [2.05, 4.69) is 25.6 Å². The molecular formula is C20H21ClFN5O. The molecule has 8 heteroatoms. The molecule has 146 valence electrons. The Labute approximate surface area is 167 Å². The summed E-state index contributed by atoms with van der Waals surface area (Å²) >= 11 is 5.87. The largest absolute Gasteiger partial charge is 0.394 e. The third-order valence-corrected chi connectivity index (χ3v) is 4.50. The van der Waals surface area contributed by atoms with Crippen LogP contribution in [0.3, 0.4) is 0 Å². The lowest BCUT2D eigenvalue weighted by atomic mass is 10.1. The van der Waals surface area contributed by atoms with Gasteiger partial charge in [0.1, 0.15) is 11.6 Å². The first-order valence-corrected chi connectivity index (χ1v) is 9.23. The zero-order valence-electron chi connectivity index (χ0n) is 15.5. The van der Waals surface area contributed by atoms with Gasteiger partial charge in [-0.25, -0.2) is 9.37 Å². The predicted octanol–water partition coefficient (Wildman–Crippen LogP) is 4.50. The molecule has 3 rings (SSSR count). The fraction of sp³-hybridized carbons (Fsp3) is 0.250. The number of nitrogens with one attached hydrogen (secondary N) is 2.